The molecule has 0 aliphatic carbocycles. The quantitative estimate of drug-likeness (QED) is 0.647. The number of hydrogen-bond donors (Lipinski definition) is 3. The summed E-state index contributed by atoms with van der Waals surface area (Å²) in [5.41, 5.74) is 7.48. The molecule has 0 radical (unpaired) electrons. The van der Waals surface area contributed by atoms with Gasteiger partial charge in [0.1, 0.15) is 11.6 Å². The van der Waals surface area contributed by atoms with E-state index in [0.29, 0.717) is 28.4 Å². The third-order valence-corrected chi connectivity index (χ3v) is 2.78. The predicted octanol–water partition coefficient (Wildman–Crippen LogP) is 1.91. The summed E-state index contributed by atoms with van der Waals surface area (Å²) in [5, 5.41) is 9.17. The average Bonchev–Trinajstić information content (AvgIpc) is 2.81. The van der Waals surface area contributed by atoms with Crippen molar-refractivity contribution in [3.8, 4) is 11.4 Å². The molecule has 6 nitrogen and oxygen atoms in total. The minimum Gasteiger partial charge on any atom is -0.478 e. The second-order valence-electron chi connectivity index (χ2n) is 4.04. The topological polar surface area (TPSA) is 105 Å². The maximum atomic E-state index is 11.2. The van der Waals surface area contributed by atoms with Crippen LogP contribution < -0.4 is 5.73 Å². The normalized spacial score (nSPS) is 10.7. The number of H-pyrrole nitrogens is 1. The molecule has 0 unspecified atom stereocenters. The van der Waals surface area contributed by atoms with Gasteiger partial charge >= 0.3 is 5.97 Å². The molecular weight excluding hydrogens is 244 g/mol. The van der Waals surface area contributed by atoms with E-state index >= 15 is 0 Å². The Morgan fingerprint density at radius 1 is 1.16 bits per heavy atom. The molecule has 0 saturated carbocycles. The van der Waals surface area contributed by atoms with Crippen LogP contribution in [0.3, 0.4) is 0 Å². The minimum absolute atomic E-state index is 0.189. The van der Waals surface area contributed by atoms with Crippen LogP contribution in [0.5, 0.6) is 0 Å². The van der Waals surface area contributed by atoms with Crippen molar-refractivity contribution in [2.45, 2.75) is 0 Å². The summed E-state index contributed by atoms with van der Waals surface area (Å²) in [7, 11) is 0. The smallest absolute Gasteiger partial charge is 0.336 e. The lowest BCUT2D eigenvalue weighted by Gasteiger charge is -2.01. The number of carbonyl (C=O) groups is 1. The number of aromatic carboxylic acids is 1. The SMILES string of the molecule is Nc1ccc2[nH]c(-c3ccccc3C(=O)O)nc2n1. The maximum Gasteiger partial charge on any atom is 0.336 e. The fourth-order valence-electron chi connectivity index (χ4n) is 1.91. The van der Waals surface area contributed by atoms with Crippen LogP contribution >= 0.6 is 0 Å². The maximum absolute atomic E-state index is 11.2. The van der Waals surface area contributed by atoms with E-state index in [-0.39, 0.29) is 5.56 Å². The van der Waals surface area contributed by atoms with Crippen molar-refractivity contribution < 1.29 is 9.90 Å². The highest BCUT2D eigenvalue weighted by molar-refractivity contribution is 5.95. The molecule has 2 aromatic heterocycles. The van der Waals surface area contributed by atoms with E-state index in [1.54, 1.807) is 30.3 Å². The van der Waals surface area contributed by atoms with Gasteiger partial charge in [-0.1, -0.05) is 18.2 Å². The van der Waals surface area contributed by atoms with Gasteiger partial charge in [-0.05, 0) is 18.2 Å². The number of anilines is 1. The summed E-state index contributed by atoms with van der Waals surface area (Å²) < 4.78 is 0. The zero-order valence-electron chi connectivity index (χ0n) is 9.79. The molecule has 6 heteroatoms. The van der Waals surface area contributed by atoms with Gasteiger partial charge in [0.2, 0.25) is 0 Å². The standard InChI is InChI=1S/C13H10N4O2/c14-10-6-5-9-12(16-10)17-11(15-9)7-3-1-2-4-8(7)13(18)19/h1-6H,(H,18,19)(H3,14,15,16,17). The molecule has 1 aromatic carbocycles. The number of pyridine rings is 1. The van der Waals surface area contributed by atoms with Gasteiger partial charge in [0, 0.05) is 5.56 Å². The first kappa shape index (κ1) is 11.2. The Bertz CT molecular complexity index is 779. The van der Waals surface area contributed by atoms with Crippen molar-refractivity contribution >= 4 is 23.0 Å². The van der Waals surface area contributed by atoms with Crippen LogP contribution in [0.1, 0.15) is 10.4 Å². The van der Waals surface area contributed by atoms with Crippen molar-refractivity contribution in [3.05, 3.63) is 42.0 Å². The Hall–Kier alpha value is -2.89. The Labute approximate surface area is 107 Å². The minimum atomic E-state index is -0.997. The number of nitrogen functional groups attached to an aromatic ring is 1. The Morgan fingerprint density at radius 3 is 2.74 bits per heavy atom. The number of carboxylic acid groups (broad SMARTS) is 1. The predicted molar refractivity (Wildman–Crippen MR) is 70.7 cm³/mol. The van der Waals surface area contributed by atoms with Crippen LogP contribution in [0.15, 0.2) is 36.4 Å². The summed E-state index contributed by atoms with van der Waals surface area (Å²) >= 11 is 0. The molecule has 0 bridgehead atoms. The van der Waals surface area contributed by atoms with Crippen molar-refractivity contribution in [2.24, 2.45) is 0 Å². The zero-order valence-corrected chi connectivity index (χ0v) is 9.79. The molecule has 3 aromatic rings. The summed E-state index contributed by atoms with van der Waals surface area (Å²) in [4.78, 5) is 22.6. The second-order valence-corrected chi connectivity index (χ2v) is 4.04. The van der Waals surface area contributed by atoms with Gasteiger partial charge in [0.25, 0.3) is 0 Å². The number of imidazole rings is 1. The van der Waals surface area contributed by atoms with E-state index in [0.717, 1.165) is 0 Å². The molecule has 0 fully saturated rings. The molecule has 0 atom stereocenters. The van der Waals surface area contributed by atoms with Gasteiger partial charge < -0.3 is 15.8 Å². The van der Waals surface area contributed by atoms with Crippen LogP contribution in [-0.4, -0.2) is 26.0 Å². The number of aromatic amines is 1. The van der Waals surface area contributed by atoms with Gasteiger partial charge in [-0.2, -0.15) is 0 Å². The van der Waals surface area contributed by atoms with Gasteiger partial charge in [-0.15, -0.1) is 0 Å². The van der Waals surface area contributed by atoms with Crippen molar-refractivity contribution in [3.63, 3.8) is 0 Å². The van der Waals surface area contributed by atoms with Crippen molar-refractivity contribution in [2.75, 3.05) is 5.73 Å². The first-order valence-electron chi connectivity index (χ1n) is 5.60. The Morgan fingerprint density at radius 2 is 1.95 bits per heavy atom. The summed E-state index contributed by atoms with van der Waals surface area (Å²) in [6, 6.07) is 10.1. The number of nitrogens with one attached hydrogen (secondary N) is 1. The number of nitrogens with zero attached hydrogens (tertiary/aromatic N) is 2. The fourth-order valence-corrected chi connectivity index (χ4v) is 1.91. The lowest BCUT2D eigenvalue weighted by molar-refractivity contribution is 0.0697. The lowest BCUT2D eigenvalue weighted by Crippen LogP contribution is -1.99. The molecule has 4 N–H and O–H groups in total. The molecule has 0 aliphatic rings. The highest BCUT2D eigenvalue weighted by Gasteiger charge is 2.14. The van der Waals surface area contributed by atoms with E-state index in [1.807, 2.05) is 0 Å². The Balaban J connectivity index is 2.22. The molecule has 19 heavy (non-hydrogen) atoms. The van der Waals surface area contributed by atoms with Gasteiger partial charge in [-0.25, -0.2) is 14.8 Å². The second kappa shape index (κ2) is 4.09. The van der Waals surface area contributed by atoms with Crippen molar-refractivity contribution in [1.82, 2.24) is 15.0 Å². The van der Waals surface area contributed by atoms with Crippen LogP contribution in [-0.2, 0) is 0 Å². The summed E-state index contributed by atoms with van der Waals surface area (Å²) in [6.45, 7) is 0. The number of nitrogens with two attached hydrogens (primary N) is 1. The first-order valence-corrected chi connectivity index (χ1v) is 5.60. The van der Waals surface area contributed by atoms with Crippen molar-refractivity contribution in [1.29, 1.82) is 0 Å². The molecule has 0 aliphatic heterocycles. The number of benzene rings is 1. The number of rotatable bonds is 2. The molecule has 94 valence electrons. The molecular formula is C13H10N4O2. The third kappa shape index (κ3) is 1.89. The van der Waals surface area contributed by atoms with E-state index in [9.17, 15) is 4.79 Å². The number of hydrogen-bond acceptors (Lipinski definition) is 4. The Kier molecular flexibility index (Phi) is 2.42. The van der Waals surface area contributed by atoms with Gasteiger partial charge in [0.05, 0.1) is 11.1 Å². The van der Waals surface area contributed by atoms with Gasteiger partial charge in [0.15, 0.2) is 5.65 Å². The molecule has 2 heterocycles. The molecule has 0 spiro atoms. The van der Waals surface area contributed by atoms with Crippen LogP contribution in [0.2, 0.25) is 0 Å². The molecule has 0 saturated heterocycles. The zero-order chi connectivity index (χ0) is 13.4. The van der Waals surface area contributed by atoms with Crippen LogP contribution in [0, 0.1) is 0 Å². The highest BCUT2D eigenvalue weighted by atomic mass is 16.4. The molecule has 3 rings (SSSR count). The van der Waals surface area contributed by atoms with E-state index in [2.05, 4.69) is 15.0 Å². The number of aromatic nitrogens is 3. The largest absolute Gasteiger partial charge is 0.478 e. The average molecular weight is 254 g/mol. The van der Waals surface area contributed by atoms with Gasteiger partial charge in [-0.3, -0.25) is 0 Å². The van der Waals surface area contributed by atoms with E-state index in [1.165, 1.54) is 6.07 Å². The van der Waals surface area contributed by atoms with E-state index < -0.39 is 5.97 Å². The first-order chi connectivity index (χ1) is 9.15. The van der Waals surface area contributed by atoms with Crippen LogP contribution in [0.25, 0.3) is 22.6 Å². The monoisotopic (exact) mass is 254 g/mol. The number of carboxylic acids is 1. The summed E-state index contributed by atoms with van der Waals surface area (Å²) in [6.07, 6.45) is 0. The third-order valence-electron chi connectivity index (χ3n) is 2.78. The van der Waals surface area contributed by atoms with Crippen LogP contribution in [0.4, 0.5) is 5.82 Å². The highest BCUT2D eigenvalue weighted by Crippen LogP contribution is 2.23. The number of fused-ring (bicyclic) bond motifs is 1. The lowest BCUT2D eigenvalue weighted by atomic mass is 10.1. The van der Waals surface area contributed by atoms with E-state index in [4.69, 9.17) is 10.8 Å². The summed E-state index contributed by atoms with van der Waals surface area (Å²) in [5.74, 6) is -0.160. The molecule has 0 amide bonds. The fraction of sp³-hybridized carbons (Fsp3) is 0.